The van der Waals surface area contributed by atoms with Gasteiger partial charge < -0.3 is 5.32 Å². The molecule has 0 saturated heterocycles. The summed E-state index contributed by atoms with van der Waals surface area (Å²) in [5, 5.41) is 15.4. The maximum Gasteiger partial charge on any atom is 0.292 e. The van der Waals surface area contributed by atoms with Crippen molar-refractivity contribution >= 4 is 5.91 Å². The summed E-state index contributed by atoms with van der Waals surface area (Å²) in [6, 6.07) is 0. The number of rotatable bonds is 4. The van der Waals surface area contributed by atoms with Gasteiger partial charge in [-0.1, -0.05) is 20.8 Å². The number of hydrogen-bond acceptors (Lipinski definition) is 4. The van der Waals surface area contributed by atoms with E-state index in [1.54, 1.807) is 0 Å². The van der Waals surface area contributed by atoms with Gasteiger partial charge in [-0.2, -0.15) is 5.21 Å². The molecule has 1 rings (SSSR count). The molecular weight excluding hydrogens is 182 g/mol. The van der Waals surface area contributed by atoms with E-state index in [1.807, 2.05) is 0 Å². The SMILES string of the molecule is CC(C)C(C)CNC(=O)c1nn[nH]n1. The summed E-state index contributed by atoms with van der Waals surface area (Å²) in [6.07, 6.45) is 0. The minimum absolute atomic E-state index is 0.0842. The third kappa shape index (κ3) is 2.79. The molecule has 0 aliphatic heterocycles. The Kier molecular flexibility index (Phi) is 3.55. The number of nitrogens with one attached hydrogen (secondary N) is 2. The number of H-pyrrole nitrogens is 1. The summed E-state index contributed by atoms with van der Waals surface area (Å²) in [4.78, 5) is 11.3. The van der Waals surface area contributed by atoms with Gasteiger partial charge in [0.1, 0.15) is 0 Å². The van der Waals surface area contributed by atoms with Gasteiger partial charge in [-0.05, 0) is 17.0 Å². The highest BCUT2D eigenvalue weighted by Crippen LogP contribution is 2.07. The van der Waals surface area contributed by atoms with Crippen molar-refractivity contribution in [2.24, 2.45) is 11.8 Å². The highest BCUT2D eigenvalue weighted by Gasteiger charge is 2.13. The number of aromatic nitrogens is 4. The van der Waals surface area contributed by atoms with Gasteiger partial charge in [-0.3, -0.25) is 4.79 Å². The Morgan fingerprint density at radius 2 is 2.21 bits per heavy atom. The van der Waals surface area contributed by atoms with E-state index in [2.05, 4.69) is 46.7 Å². The average molecular weight is 197 g/mol. The topological polar surface area (TPSA) is 83.6 Å². The van der Waals surface area contributed by atoms with Crippen LogP contribution in [0.2, 0.25) is 0 Å². The van der Waals surface area contributed by atoms with Crippen LogP contribution in [0.25, 0.3) is 0 Å². The van der Waals surface area contributed by atoms with E-state index < -0.39 is 0 Å². The molecule has 6 nitrogen and oxygen atoms in total. The van der Waals surface area contributed by atoms with Crippen LogP contribution in [-0.2, 0) is 0 Å². The predicted octanol–water partition coefficient (Wildman–Crippen LogP) is 0.222. The number of carbonyl (C=O) groups excluding carboxylic acids is 1. The van der Waals surface area contributed by atoms with Crippen molar-refractivity contribution in [1.29, 1.82) is 0 Å². The van der Waals surface area contributed by atoms with E-state index in [0.717, 1.165) is 0 Å². The normalized spacial score (nSPS) is 12.9. The van der Waals surface area contributed by atoms with E-state index in [9.17, 15) is 4.79 Å². The molecule has 0 fully saturated rings. The van der Waals surface area contributed by atoms with Crippen molar-refractivity contribution in [3.05, 3.63) is 5.82 Å². The van der Waals surface area contributed by atoms with Crippen LogP contribution in [0, 0.1) is 11.8 Å². The van der Waals surface area contributed by atoms with Crippen LogP contribution in [0.5, 0.6) is 0 Å². The minimum Gasteiger partial charge on any atom is -0.349 e. The minimum atomic E-state index is -0.286. The Morgan fingerprint density at radius 1 is 1.50 bits per heavy atom. The molecule has 14 heavy (non-hydrogen) atoms. The zero-order valence-electron chi connectivity index (χ0n) is 8.61. The number of tetrazole rings is 1. The lowest BCUT2D eigenvalue weighted by Gasteiger charge is -2.14. The Morgan fingerprint density at radius 3 is 2.71 bits per heavy atom. The fourth-order valence-electron chi connectivity index (χ4n) is 0.826. The molecule has 1 aromatic heterocycles. The van der Waals surface area contributed by atoms with Crippen molar-refractivity contribution in [3.8, 4) is 0 Å². The van der Waals surface area contributed by atoms with E-state index in [4.69, 9.17) is 0 Å². The second-order valence-electron chi connectivity index (χ2n) is 3.67. The predicted molar refractivity (Wildman–Crippen MR) is 50.5 cm³/mol. The number of nitrogens with zero attached hydrogens (tertiary/aromatic N) is 3. The van der Waals surface area contributed by atoms with Crippen molar-refractivity contribution in [3.63, 3.8) is 0 Å². The van der Waals surface area contributed by atoms with Crippen LogP contribution in [0.3, 0.4) is 0 Å². The maximum absolute atomic E-state index is 11.3. The molecule has 1 aromatic rings. The van der Waals surface area contributed by atoms with Crippen molar-refractivity contribution in [2.75, 3.05) is 6.54 Å². The molecule has 0 aliphatic carbocycles. The van der Waals surface area contributed by atoms with Crippen LogP contribution < -0.4 is 5.32 Å². The Hall–Kier alpha value is -1.46. The molecule has 0 spiro atoms. The van der Waals surface area contributed by atoms with Crippen LogP contribution >= 0.6 is 0 Å². The molecule has 6 heteroatoms. The summed E-state index contributed by atoms with van der Waals surface area (Å²) >= 11 is 0. The summed E-state index contributed by atoms with van der Waals surface area (Å²) in [6.45, 7) is 6.95. The van der Waals surface area contributed by atoms with Gasteiger partial charge in [0.2, 0.25) is 0 Å². The highest BCUT2D eigenvalue weighted by atomic mass is 16.2. The largest absolute Gasteiger partial charge is 0.349 e. The molecule has 1 unspecified atom stereocenters. The number of carbonyl (C=O) groups is 1. The van der Waals surface area contributed by atoms with Crippen molar-refractivity contribution in [2.45, 2.75) is 20.8 Å². The third-order valence-electron chi connectivity index (χ3n) is 2.27. The molecule has 0 aliphatic rings. The first kappa shape index (κ1) is 10.6. The second-order valence-corrected chi connectivity index (χ2v) is 3.67. The molecule has 1 amide bonds. The Labute approximate surface area is 82.5 Å². The standard InChI is InChI=1S/C8H15N5O/c1-5(2)6(3)4-9-8(14)7-10-12-13-11-7/h5-6H,4H2,1-3H3,(H,9,14)(H,10,11,12,13). The zero-order chi connectivity index (χ0) is 10.6. The van der Waals surface area contributed by atoms with Crippen LogP contribution in [-0.4, -0.2) is 33.1 Å². The van der Waals surface area contributed by atoms with Crippen molar-refractivity contribution < 1.29 is 4.79 Å². The highest BCUT2D eigenvalue weighted by molar-refractivity contribution is 5.89. The fourth-order valence-corrected chi connectivity index (χ4v) is 0.826. The van der Waals surface area contributed by atoms with E-state index in [1.165, 1.54) is 0 Å². The van der Waals surface area contributed by atoms with Gasteiger partial charge in [-0.25, -0.2) is 0 Å². The van der Waals surface area contributed by atoms with Crippen LogP contribution in [0.4, 0.5) is 0 Å². The molecular formula is C8H15N5O. The first-order valence-electron chi connectivity index (χ1n) is 4.63. The molecule has 0 radical (unpaired) electrons. The summed E-state index contributed by atoms with van der Waals surface area (Å²) < 4.78 is 0. The molecule has 0 aromatic carbocycles. The lowest BCUT2D eigenvalue weighted by molar-refractivity contribution is 0.0934. The first-order chi connectivity index (χ1) is 6.61. The van der Waals surface area contributed by atoms with Crippen molar-refractivity contribution in [1.82, 2.24) is 25.9 Å². The zero-order valence-corrected chi connectivity index (χ0v) is 8.61. The number of aromatic amines is 1. The van der Waals surface area contributed by atoms with Gasteiger partial charge in [0.25, 0.3) is 11.7 Å². The summed E-state index contributed by atoms with van der Waals surface area (Å²) in [5.41, 5.74) is 0. The van der Waals surface area contributed by atoms with Crippen LogP contribution in [0.1, 0.15) is 31.4 Å². The molecule has 0 saturated carbocycles. The lowest BCUT2D eigenvalue weighted by Crippen LogP contribution is -2.30. The fraction of sp³-hybridized carbons (Fsp3) is 0.750. The monoisotopic (exact) mass is 197 g/mol. The average Bonchev–Trinajstić information content (AvgIpc) is 2.66. The van der Waals surface area contributed by atoms with Gasteiger partial charge in [-0.15, -0.1) is 10.2 Å². The summed E-state index contributed by atoms with van der Waals surface area (Å²) in [7, 11) is 0. The van der Waals surface area contributed by atoms with Gasteiger partial charge >= 0.3 is 0 Å². The summed E-state index contributed by atoms with van der Waals surface area (Å²) in [5.74, 6) is 0.777. The van der Waals surface area contributed by atoms with E-state index >= 15 is 0 Å². The quantitative estimate of drug-likeness (QED) is 0.723. The second kappa shape index (κ2) is 4.69. The number of amides is 1. The molecule has 78 valence electrons. The number of hydrogen-bond donors (Lipinski definition) is 2. The van der Waals surface area contributed by atoms with Gasteiger partial charge in [0.05, 0.1) is 0 Å². The third-order valence-corrected chi connectivity index (χ3v) is 2.27. The van der Waals surface area contributed by atoms with E-state index in [0.29, 0.717) is 18.4 Å². The Balaban J connectivity index is 2.36. The molecule has 1 heterocycles. The van der Waals surface area contributed by atoms with Crippen LogP contribution in [0.15, 0.2) is 0 Å². The molecule has 0 bridgehead atoms. The maximum atomic E-state index is 11.3. The molecule has 2 N–H and O–H groups in total. The smallest absolute Gasteiger partial charge is 0.292 e. The Bertz CT molecular complexity index is 282. The molecule has 1 atom stereocenters. The van der Waals surface area contributed by atoms with Gasteiger partial charge in [0.15, 0.2) is 0 Å². The first-order valence-corrected chi connectivity index (χ1v) is 4.63. The lowest BCUT2D eigenvalue weighted by atomic mass is 9.98. The van der Waals surface area contributed by atoms with Gasteiger partial charge in [0, 0.05) is 6.54 Å². The van der Waals surface area contributed by atoms with E-state index in [-0.39, 0.29) is 11.7 Å².